The van der Waals surface area contributed by atoms with Crippen LogP contribution in [-0.4, -0.2) is 35.9 Å². The molecule has 0 aliphatic carbocycles. The number of nitrogens with zero attached hydrogens (tertiary/aromatic N) is 2. The number of fused-ring (bicyclic) bond motifs is 2. The van der Waals surface area contributed by atoms with E-state index in [0.717, 1.165) is 19.1 Å². The van der Waals surface area contributed by atoms with Gasteiger partial charge in [0.15, 0.2) is 5.69 Å². The molecule has 0 bridgehead atoms. The van der Waals surface area contributed by atoms with Crippen LogP contribution in [0, 0.1) is 13.8 Å². The summed E-state index contributed by atoms with van der Waals surface area (Å²) in [6.07, 6.45) is 1.37. The average Bonchev–Trinajstić information content (AvgIpc) is 3.51. The fourth-order valence-electron chi connectivity index (χ4n) is 5.12. The van der Waals surface area contributed by atoms with Gasteiger partial charge in [-0.05, 0) is 50.2 Å². The highest BCUT2D eigenvalue weighted by Crippen LogP contribution is 2.42. The molecular formula is C31H24N2O6S2. The number of benzene rings is 4. The largest absolute Gasteiger partial charge is 0.477 e. The van der Waals surface area contributed by atoms with Gasteiger partial charge in [0, 0.05) is 28.1 Å². The average molecular weight is 585 g/mol. The third-order valence-corrected chi connectivity index (χ3v) is 10.5. The van der Waals surface area contributed by atoms with Gasteiger partial charge in [0.25, 0.3) is 20.0 Å². The number of carbonyl (C=O) groups is 1. The summed E-state index contributed by atoms with van der Waals surface area (Å²) in [6.45, 7) is 3.68. The molecule has 2 aromatic heterocycles. The highest BCUT2D eigenvalue weighted by Gasteiger charge is 2.33. The molecule has 0 amide bonds. The molecule has 0 radical (unpaired) electrons. The first-order valence-electron chi connectivity index (χ1n) is 12.6. The zero-order valence-electron chi connectivity index (χ0n) is 22.0. The Morgan fingerprint density at radius 2 is 1.12 bits per heavy atom. The van der Waals surface area contributed by atoms with Gasteiger partial charge in [-0.3, -0.25) is 0 Å². The Hall–Kier alpha value is -4.67. The summed E-state index contributed by atoms with van der Waals surface area (Å²) in [5.74, 6) is -1.47. The van der Waals surface area contributed by atoms with Crippen molar-refractivity contribution in [1.82, 2.24) is 7.94 Å². The second-order valence-electron chi connectivity index (χ2n) is 9.80. The minimum absolute atomic E-state index is 0.0673. The summed E-state index contributed by atoms with van der Waals surface area (Å²) in [6, 6.07) is 25.8. The highest BCUT2D eigenvalue weighted by atomic mass is 32.2. The number of carboxylic acids is 1. The van der Waals surface area contributed by atoms with E-state index in [-0.39, 0.29) is 26.4 Å². The molecule has 8 nitrogen and oxygen atoms in total. The van der Waals surface area contributed by atoms with E-state index < -0.39 is 31.7 Å². The zero-order valence-corrected chi connectivity index (χ0v) is 23.6. The van der Waals surface area contributed by atoms with Crippen LogP contribution in [0.25, 0.3) is 32.9 Å². The summed E-state index contributed by atoms with van der Waals surface area (Å²) in [5, 5.41) is 11.3. The maximum absolute atomic E-state index is 14.0. The van der Waals surface area contributed by atoms with Crippen LogP contribution >= 0.6 is 0 Å². The Kier molecular flexibility index (Phi) is 6.13. The monoisotopic (exact) mass is 584 g/mol. The molecule has 0 fully saturated rings. The highest BCUT2D eigenvalue weighted by molar-refractivity contribution is 7.90. The summed E-state index contributed by atoms with van der Waals surface area (Å²) in [7, 11) is -8.44. The van der Waals surface area contributed by atoms with Gasteiger partial charge in [0.1, 0.15) is 0 Å². The van der Waals surface area contributed by atoms with Gasteiger partial charge in [-0.1, -0.05) is 71.8 Å². The first-order chi connectivity index (χ1) is 19.5. The Labute approximate surface area is 236 Å². The minimum Gasteiger partial charge on any atom is -0.477 e. The number of para-hydroxylation sites is 2. The van der Waals surface area contributed by atoms with E-state index in [2.05, 4.69) is 0 Å². The number of aromatic nitrogens is 2. The molecule has 206 valence electrons. The van der Waals surface area contributed by atoms with Gasteiger partial charge in [0.05, 0.1) is 20.8 Å². The summed E-state index contributed by atoms with van der Waals surface area (Å²) >= 11 is 0. The molecule has 0 atom stereocenters. The van der Waals surface area contributed by atoms with Crippen molar-refractivity contribution in [3.63, 3.8) is 0 Å². The van der Waals surface area contributed by atoms with Crippen LogP contribution in [0.4, 0.5) is 0 Å². The topological polar surface area (TPSA) is 115 Å². The van der Waals surface area contributed by atoms with Gasteiger partial charge >= 0.3 is 5.97 Å². The number of aromatic carboxylic acids is 1. The summed E-state index contributed by atoms with van der Waals surface area (Å²) in [4.78, 5) is 12.9. The van der Waals surface area contributed by atoms with Crippen molar-refractivity contribution in [2.24, 2.45) is 0 Å². The van der Waals surface area contributed by atoms with Crippen molar-refractivity contribution in [2.45, 2.75) is 23.6 Å². The van der Waals surface area contributed by atoms with E-state index in [1.165, 1.54) is 30.5 Å². The van der Waals surface area contributed by atoms with Crippen molar-refractivity contribution < 1.29 is 26.7 Å². The molecule has 10 heteroatoms. The van der Waals surface area contributed by atoms with Crippen LogP contribution in [-0.2, 0) is 20.0 Å². The van der Waals surface area contributed by atoms with Crippen LogP contribution in [0.2, 0.25) is 0 Å². The van der Waals surface area contributed by atoms with Gasteiger partial charge in [-0.2, -0.15) is 0 Å². The van der Waals surface area contributed by atoms with Gasteiger partial charge in [-0.15, -0.1) is 0 Å². The molecule has 0 aliphatic rings. The third kappa shape index (κ3) is 4.14. The molecule has 2 heterocycles. The predicted molar refractivity (Wildman–Crippen MR) is 157 cm³/mol. The molecule has 41 heavy (non-hydrogen) atoms. The lowest BCUT2D eigenvalue weighted by Crippen LogP contribution is -2.19. The van der Waals surface area contributed by atoms with Gasteiger partial charge in [-0.25, -0.2) is 29.6 Å². The van der Waals surface area contributed by atoms with E-state index in [4.69, 9.17) is 0 Å². The fraction of sp³-hybridized carbons (Fsp3) is 0.0645. The number of hydrogen-bond acceptors (Lipinski definition) is 5. The molecule has 1 N–H and O–H groups in total. The van der Waals surface area contributed by atoms with Crippen LogP contribution in [0.1, 0.15) is 21.6 Å². The summed E-state index contributed by atoms with van der Waals surface area (Å²) in [5.41, 5.74) is 2.15. The molecule has 0 unspecified atom stereocenters. The van der Waals surface area contributed by atoms with E-state index in [1.54, 1.807) is 72.8 Å². The zero-order chi connectivity index (χ0) is 29.1. The lowest BCUT2D eigenvalue weighted by atomic mass is 10.0. The van der Waals surface area contributed by atoms with Gasteiger partial charge in [0.2, 0.25) is 0 Å². The Morgan fingerprint density at radius 3 is 1.68 bits per heavy atom. The predicted octanol–water partition coefficient (Wildman–Crippen LogP) is 6.05. The molecule has 0 aliphatic heterocycles. The van der Waals surface area contributed by atoms with Crippen molar-refractivity contribution in [3.8, 4) is 11.1 Å². The maximum atomic E-state index is 14.0. The smallest absolute Gasteiger partial charge is 0.354 e. The molecular weight excluding hydrogens is 560 g/mol. The van der Waals surface area contributed by atoms with Crippen LogP contribution in [0.5, 0.6) is 0 Å². The van der Waals surface area contributed by atoms with Crippen molar-refractivity contribution in [2.75, 3.05) is 0 Å². The van der Waals surface area contributed by atoms with E-state index in [9.17, 15) is 26.7 Å². The fourth-order valence-corrected chi connectivity index (χ4v) is 8.00. The first kappa shape index (κ1) is 26.5. The second-order valence-corrected chi connectivity index (χ2v) is 13.4. The lowest BCUT2D eigenvalue weighted by molar-refractivity contribution is 0.0690. The molecule has 4 aromatic carbocycles. The lowest BCUT2D eigenvalue weighted by Gasteiger charge is -2.11. The molecule has 0 saturated heterocycles. The quantitative estimate of drug-likeness (QED) is 0.255. The first-order valence-corrected chi connectivity index (χ1v) is 15.5. The Balaban J connectivity index is 1.71. The van der Waals surface area contributed by atoms with Crippen LogP contribution in [0.3, 0.4) is 0 Å². The normalized spacial score (nSPS) is 12.2. The van der Waals surface area contributed by atoms with Crippen molar-refractivity contribution >= 4 is 47.8 Å². The minimum atomic E-state index is -4.36. The number of hydrogen-bond donors (Lipinski definition) is 1. The molecule has 0 saturated carbocycles. The number of carboxylic acid groups (broad SMARTS) is 1. The van der Waals surface area contributed by atoms with Crippen molar-refractivity contribution in [3.05, 3.63) is 120 Å². The Morgan fingerprint density at radius 1 is 0.634 bits per heavy atom. The van der Waals surface area contributed by atoms with E-state index in [1.807, 2.05) is 13.8 Å². The second kappa shape index (κ2) is 9.46. The third-order valence-electron chi connectivity index (χ3n) is 7.12. The van der Waals surface area contributed by atoms with Gasteiger partial charge < -0.3 is 5.11 Å². The van der Waals surface area contributed by atoms with E-state index >= 15 is 0 Å². The molecule has 6 aromatic rings. The van der Waals surface area contributed by atoms with E-state index in [0.29, 0.717) is 16.3 Å². The van der Waals surface area contributed by atoms with Crippen LogP contribution < -0.4 is 0 Å². The Bertz CT molecular complexity index is 2210. The molecule has 0 spiro atoms. The maximum Gasteiger partial charge on any atom is 0.354 e. The van der Waals surface area contributed by atoms with Crippen molar-refractivity contribution in [1.29, 1.82) is 0 Å². The number of rotatable bonds is 6. The standard InChI is InChI=1S/C31H24N2O6S2/c1-20-11-15-22(16-12-20)40(36,37)32-19-26(24-7-3-5-9-27(24)32)29-25-8-4-6-10-28(25)33(30(29)31(34)35)41(38,39)23-17-13-21(2)14-18-23/h3-19H,1-2H3,(H,34,35). The number of aryl methyl sites for hydroxylation is 2. The molecule has 6 rings (SSSR count). The van der Waals surface area contributed by atoms with Crippen LogP contribution in [0.15, 0.2) is 113 Å². The SMILES string of the molecule is Cc1ccc(S(=O)(=O)n2cc(-c3c(C(=O)O)n(S(=O)(=O)c4ccc(C)cc4)c4ccccc34)c3ccccc32)cc1. The summed E-state index contributed by atoms with van der Waals surface area (Å²) < 4.78 is 57.5.